The number of nitrogens with two attached hydrogens (primary N) is 1. The van der Waals surface area contributed by atoms with Crippen LogP contribution in [0.3, 0.4) is 0 Å². The van der Waals surface area contributed by atoms with Crippen LogP contribution in [-0.4, -0.2) is 69.5 Å². The number of carbonyl (C=O) groups excluding carboxylic acids is 2. The lowest BCUT2D eigenvalue weighted by Crippen LogP contribution is -2.59. The Balaban J connectivity index is 1.57. The number of nitrogens with one attached hydrogen (secondary N) is 3. The van der Waals surface area contributed by atoms with Crippen LogP contribution in [0.15, 0.2) is 18.2 Å². The summed E-state index contributed by atoms with van der Waals surface area (Å²) >= 11 is 0. The standard InChI is InChI=1S/C28H40F3N7O2/c1-16(39)33-22-15-18(37-27(2,3)4)8-10-23(22)38-13-11-21(26(38)40)35-25-19-14-17(28(29,30)31)7-9-20(19)34-24(36-25)6-5-12-32/h7,9,14,18,21-23,37H,5-6,8,10-13,15,32H2,1-4H3,(H,33,39)(H,34,35,36)/t18-,21+,22-,23+/m1/s1. The number of amides is 2. The Bertz CT molecular complexity index is 1230. The largest absolute Gasteiger partial charge is 0.416 e. The van der Waals surface area contributed by atoms with Crippen molar-refractivity contribution in [3.8, 4) is 0 Å². The molecule has 2 amide bonds. The molecule has 4 rings (SSSR count). The van der Waals surface area contributed by atoms with E-state index in [2.05, 4.69) is 46.7 Å². The van der Waals surface area contributed by atoms with Crippen LogP contribution in [0.4, 0.5) is 19.0 Å². The van der Waals surface area contributed by atoms with E-state index in [-0.39, 0.29) is 46.7 Å². The van der Waals surface area contributed by atoms with Gasteiger partial charge in [0, 0.05) is 36.9 Å². The molecule has 2 aromatic rings. The number of fused-ring (bicyclic) bond motifs is 1. The fourth-order valence-electron chi connectivity index (χ4n) is 5.85. The molecule has 1 saturated carbocycles. The van der Waals surface area contributed by atoms with Gasteiger partial charge >= 0.3 is 6.18 Å². The van der Waals surface area contributed by atoms with E-state index in [0.29, 0.717) is 50.1 Å². The van der Waals surface area contributed by atoms with Crippen LogP contribution in [0.5, 0.6) is 0 Å². The molecule has 2 heterocycles. The van der Waals surface area contributed by atoms with Crippen molar-refractivity contribution in [1.82, 2.24) is 25.5 Å². The number of benzene rings is 1. The van der Waals surface area contributed by atoms with Gasteiger partial charge in [-0.15, -0.1) is 0 Å². The molecule has 9 nitrogen and oxygen atoms in total. The molecule has 220 valence electrons. The van der Waals surface area contributed by atoms with Gasteiger partial charge in [-0.25, -0.2) is 9.97 Å². The van der Waals surface area contributed by atoms with E-state index < -0.39 is 17.8 Å². The van der Waals surface area contributed by atoms with Crippen molar-refractivity contribution >= 4 is 28.5 Å². The highest BCUT2D eigenvalue weighted by Gasteiger charge is 2.43. The molecule has 0 spiro atoms. The van der Waals surface area contributed by atoms with Gasteiger partial charge in [0.25, 0.3) is 0 Å². The fraction of sp³-hybridized carbons (Fsp3) is 0.643. The minimum Gasteiger partial charge on any atom is -0.358 e. The van der Waals surface area contributed by atoms with Gasteiger partial charge < -0.3 is 26.6 Å². The van der Waals surface area contributed by atoms with E-state index >= 15 is 0 Å². The molecule has 2 fully saturated rings. The third kappa shape index (κ3) is 7.20. The molecule has 1 aromatic carbocycles. The van der Waals surface area contributed by atoms with Crippen molar-refractivity contribution in [2.75, 3.05) is 18.4 Å². The lowest BCUT2D eigenvalue weighted by molar-refractivity contribution is -0.137. The highest BCUT2D eigenvalue weighted by molar-refractivity contribution is 5.93. The van der Waals surface area contributed by atoms with Gasteiger partial charge in [0.05, 0.1) is 23.2 Å². The summed E-state index contributed by atoms with van der Waals surface area (Å²) in [4.78, 5) is 36.5. The molecular formula is C28H40F3N7O2. The number of likely N-dealkylation sites (tertiary alicyclic amines) is 1. The molecular weight excluding hydrogens is 523 g/mol. The van der Waals surface area contributed by atoms with Gasteiger partial charge in [-0.05, 0) is 77.6 Å². The van der Waals surface area contributed by atoms with Gasteiger partial charge in [-0.2, -0.15) is 13.2 Å². The van der Waals surface area contributed by atoms with Gasteiger partial charge in [-0.1, -0.05) is 0 Å². The predicted molar refractivity (Wildman–Crippen MR) is 148 cm³/mol. The minimum atomic E-state index is -4.52. The molecule has 5 N–H and O–H groups in total. The zero-order valence-corrected chi connectivity index (χ0v) is 23.6. The third-order valence-electron chi connectivity index (χ3n) is 7.46. The summed E-state index contributed by atoms with van der Waals surface area (Å²) in [6.45, 7) is 8.68. The molecule has 12 heteroatoms. The van der Waals surface area contributed by atoms with Gasteiger partial charge in [0.2, 0.25) is 11.8 Å². The normalized spacial score (nSPS) is 24.0. The molecule has 0 bridgehead atoms. The third-order valence-corrected chi connectivity index (χ3v) is 7.46. The SMILES string of the molecule is CC(=O)N[C@@H]1C[C@H](NC(C)(C)C)CC[C@@H]1N1CC[C@H](Nc2nc(CCCN)nc3ccc(C(F)(F)F)cc23)C1=O. The van der Waals surface area contributed by atoms with Crippen LogP contribution in [0.1, 0.15) is 71.2 Å². The molecule has 1 saturated heterocycles. The van der Waals surface area contributed by atoms with Gasteiger partial charge in [0.1, 0.15) is 17.7 Å². The van der Waals surface area contributed by atoms with E-state index in [9.17, 15) is 22.8 Å². The van der Waals surface area contributed by atoms with Crippen molar-refractivity contribution in [1.29, 1.82) is 0 Å². The van der Waals surface area contributed by atoms with Crippen molar-refractivity contribution in [2.24, 2.45) is 5.73 Å². The maximum atomic E-state index is 13.7. The summed E-state index contributed by atoms with van der Waals surface area (Å²) in [6, 6.07) is 2.55. The molecule has 1 aromatic heterocycles. The van der Waals surface area contributed by atoms with Crippen molar-refractivity contribution < 1.29 is 22.8 Å². The first kappa shape index (κ1) is 30.0. The molecule has 0 unspecified atom stereocenters. The molecule has 2 aliphatic rings. The first-order valence-electron chi connectivity index (χ1n) is 13.9. The molecule has 1 aliphatic heterocycles. The second-order valence-electron chi connectivity index (χ2n) is 11.9. The summed E-state index contributed by atoms with van der Waals surface area (Å²) in [5.74, 6) is 0.369. The van der Waals surface area contributed by atoms with Crippen molar-refractivity contribution in [2.45, 2.75) is 102 Å². The minimum absolute atomic E-state index is 0.0773. The van der Waals surface area contributed by atoms with Crippen LogP contribution >= 0.6 is 0 Å². The Hall–Kier alpha value is -2.99. The Kier molecular flexibility index (Phi) is 8.89. The number of alkyl halides is 3. The van der Waals surface area contributed by atoms with E-state index in [1.54, 1.807) is 0 Å². The van der Waals surface area contributed by atoms with E-state index in [4.69, 9.17) is 5.73 Å². The number of carbonyl (C=O) groups is 2. The molecule has 0 radical (unpaired) electrons. The first-order valence-corrected chi connectivity index (χ1v) is 13.9. The quantitative estimate of drug-likeness (QED) is 0.388. The molecule has 4 atom stereocenters. The highest BCUT2D eigenvalue weighted by atomic mass is 19.4. The number of halogens is 3. The van der Waals surface area contributed by atoms with Crippen LogP contribution < -0.4 is 21.7 Å². The number of hydrogen-bond acceptors (Lipinski definition) is 7. The number of anilines is 1. The zero-order chi connectivity index (χ0) is 29.2. The van der Waals surface area contributed by atoms with Crippen molar-refractivity contribution in [3.63, 3.8) is 0 Å². The predicted octanol–water partition coefficient (Wildman–Crippen LogP) is 3.37. The zero-order valence-electron chi connectivity index (χ0n) is 23.6. The smallest absolute Gasteiger partial charge is 0.358 e. The van der Waals surface area contributed by atoms with Gasteiger partial charge in [-0.3, -0.25) is 9.59 Å². The number of aryl methyl sites for hydroxylation is 1. The van der Waals surface area contributed by atoms with E-state index in [0.717, 1.165) is 25.0 Å². The summed E-state index contributed by atoms with van der Waals surface area (Å²) in [5, 5.41) is 10.0. The Labute approximate surface area is 232 Å². The van der Waals surface area contributed by atoms with Crippen LogP contribution in [-0.2, 0) is 22.2 Å². The lowest BCUT2D eigenvalue weighted by Gasteiger charge is -2.43. The topological polar surface area (TPSA) is 125 Å². The Morgan fingerprint density at radius 2 is 1.90 bits per heavy atom. The maximum absolute atomic E-state index is 13.7. The summed E-state index contributed by atoms with van der Waals surface area (Å²) in [7, 11) is 0. The van der Waals surface area contributed by atoms with Crippen molar-refractivity contribution in [3.05, 3.63) is 29.6 Å². The number of nitrogens with zero attached hydrogens (tertiary/aromatic N) is 3. The average molecular weight is 564 g/mol. The second kappa shape index (κ2) is 11.9. The highest BCUT2D eigenvalue weighted by Crippen LogP contribution is 2.34. The van der Waals surface area contributed by atoms with E-state index in [1.165, 1.54) is 13.0 Å². The van der Waals surface area contributed by atoms with Crippen LogP contribution in [0.25, 0.3) is 10.9 Å². The van der Waals surface area contributed by atoms with Gasteiger partial charge in [0.15, 0.2) is 0 Å². The Morgan fingerprint density at radius 3 is 2.55 bits per heavy atom. The monoisotopic (exact) mass is 563 g/mol. The average Bonchev–Trinajstić information content (AvgIpc) is 3.20. The maximum Gasteiger partial charge on any atom is 0.416 e. The Morgan fingerprint density at radius 1 is 1.15 bits per heavy atom. The van der Waals surface area contributed by atoms with Crippen LogP contribution in [0.2, 0.25) is 0 Å². The first-order chi connectivity index (χ1) is 18.7. The number of aromatic nitrogens is 2. The number of rotatable bonds is 8. The second-order valence-corrected chi connectivity index (χ2v) is 11.9. The van der Waals surface area contributed by atoms with Crippen LogP contribution in [0, 0.1) is 0 Å². The molecule has 40 heavy (non-hydrogen) atoms. The van der Waals surface area contributed by atoms with E-state index in [1.807, 2.05) is 4.90 Å². The summed E-state index contributed by atoms with van der Waals surface area (Å²) in [5.41, 5.74) is 5.12. The number of hydrogen-bond donors (Lipinski definition) is 4. The summed E-state index contributed by atoms with van der Waals surface area (Å²) < 4.78 is 40.5. The fourth-order valence-corrected chi connectivity index (χ4v) is 5.85. The lowest BCUT2D eigenvalue weighted by atomic mass is 9.84. The summed E-state index contributed by atoms with van der Waals surface area (Å²) in [6.07, 6.45) is -0.675. The molecule has 1 aliphatic carbocycles.